The number of hydrogen-bond donors (Lipinski definition) is 1. The van der Waals surface area contributed by atoms with Crippen molar-refractivity contribution in [2.24, 2.45) is 0 Å². The highest BCUT2D eigenvalue weighted by Crippen LogP contribution is 2.24. The molecule has 2 heteroatoms. The monoisotopic (exact) mass is 331 g/mol. The van der Waals surface area contributed by atoms with Crippen LogP contribution in [0.25, 0.3) is 0 Å². The van der Waals surface area contributed by atoms with Crippen molar-refractivity contribution in [3.05, 3.63) is 69.7 Å². The molecule has 2 rings (SSSR count). The molecule has 106 valence electrons. The number of benzene rings is 2. The van der Waals surface area contributed by atoms with Crippen LogP contribution in [0.5, 0.6) is 0 Å². The lowest BCUT2D eigenvalue weighted by molar-refractivity contribution is 0.456. The van der Waals surface area contributed by atoms with Crippen LogP contribution in [0.3, 0.4) is 0 Å². The minimum Gasteiger partial charge on any atom is -0.303 e. The van der Waals surface area contributed by atoms with Crippen LogP contribution >= 0.6 is 15.9 Å². The second-order valence-electron chi connectivity index (χ2n) is 5.31. The molecule has 0 heterocycles. The molecule has 1 unspecified atom stereocenters. The van der Waals surface area contributed by atoms with Gasteiger partial charge in [-0.15, -0.1) is 0 Å². The molecular weight excluding hydrogens is 310 g/mol. The smallest absolute Gasteiger partial charge is 0.0323 e. The van der Waals surface area contributed by atoms with E-state index in [1.165, 1.54) is 16.7 Å². The van der Waals surface area contributed by atoms with Crippen LogP contribution in [0.4, 0.5) is 0 Å². The highest BCUT2D eigenvalue weighted by Gasteiger charge is 2.13. The van der Waals surface area contributed by atoms with Gasteiger partial charge in [0.2, 0.25) is 0 Å². The van der Waals surface area contributed by atoms with Gasteiger partial charge in [0.15, 0.2) is 0 Å². The number of aryl methyl sites for hydroxylation is 1. The van der Waals surface area contributed by atoms with E-state index >= 15 is 0 Å². The SMILES string of the molecule is CCC(N[C@@H](C)c1cccc(Br)c1)c1ccc(C)cc1. The molecule has 20 heavy (non-hydrogen) atoms. The first-order valence-electron chi connectivity index (χ1n) is 7.18. The molecule has 0 spiro atoms. The van der Waals surface area contributed by atoms with Gasteiger partial charge in [-0.3, -0.25) is 0 Å². The lowest BCUT2D eigenvalue weighted by Gasteiger charge is -2.23. The second kappa shape index (κ2) is 7.05. The van der Waals surface area contributed by atoms with Crippen molar-refractivity contribution >= 4 is 15.9 Å². The van der Waals surface area contributed by atoms with E-state index in [2.05, 4.69) is 90.5 Å². The summed E-state index contributed by atoms with van der Waals surface area (Å²) in [6.45, 7) is 6.58. The summed E-state index contributed by atoms with van der Waals surface area (Å²) in [6, 6.07) is 18.0. The fourth-order valence-electron chi connectivity index (χ4n) is 2.42. The fourth-order valence-corrected chi connectivity index (χ4v) is 2.84. The van der Waals surface area contributed by atoms with Gasteiger partial charge in [0, 0.05) is 16.6 Å². The Hall–Kier alpha value is -1.12. The first kappa shape index (κ1) is 15.3. The molecule has 1 N–H and O–H groups in total. The summed E-state index contributed by atoms with van der Waals surface area (Å²) in [6.07, 6.45) is 1.08. The van der Waals surface area contributed by atoms with Gasteiger partial charge in [-0.2, -0.15) is 0 Å². The van der Waals surface area contributed by atoms with E-state index in [4.69, 9.17) is 0 Å². The molecule has 0 aromatic heterocycles. The molecule has 2 aromatic rings. The van der Waals surface area contributed by atoms with Crippen LogP contribution in [0.1, 0.15) is 49.0 Å². The zero-order chi connectivity index (χ0) is 14.5. The maximum absolute atomic E-state index is 3.73. The fraction of sp³-hybridized carbons (Fsp3) is 0.333. The van der Waals surface area contributed by atoms with Gasteiger partial charge in [0.1, 0.15) is 0 Å². The first-order chi connectivity index (χ1) is 9.60. The summed E-state index contributed by atoms with van der Waals surface area (Å²) in [7, 11) is 0. The molecule has 0 bridgehead atoms. The van der Waals surface area contributed by atoms with Gasteiger partial charge in [0.25, 0.3) is 0 Å². The predicted molar refractivity (Wildman–Crippen MR) is 89.9 cm³/mol. The second-order valence-corrected chi connectivity index (χ2v) is 6.23. The third kappa shape index (κ3) is 3.94. The Morgan fingerprint density at radius 3 is 2.35 bits per heavy atom. The molecule has 0 aliphatic rings. The van der Waals surface area contributed by atoms with Gasteiger partial charge in [-0.05, 0) is 43.5 Å². The average molecular weight is 332 g/mol. The van der Waals surface area contributed by atoms with Crippen molar-refractivity contribution in [1.82, 2.24) is 5.32 Å². The summed E-state index contributed by atoms with van der Waals surface area (Å²) >= 11 is 3.54. The normalized spacial score (nSPS) is 14.0. The summed E-state index contributed by atoms with van der Waals surface area (Å²) in [4.78, 5) is 0. The van der Waals surface area contributed by atoms with E-state index in [0.717, 1.165) is 10.9 Å². The minimum absolute atomic E-state index is 0.332. The van der Waals surface area contributed by atoms with Crippen molar-refractivity contribution in [1.29, 1.82) is 0 Å². The molecule has 0 saturated carbocycles. The quantitative estimate of drug-likeness (QED) is 0.756. The van der Waals surface area contributed by atoms with E-state index in [9.17, 15) is 0 Å². The molecule has 0 amide bonds. The zero-order valence-electron chi connectivity index (χ0n) is 12.4. The van der Waals surface area contributed by atoms with E-state index in [1.54, 1.807) is 0 Å². The first-order valence-corrected chi connectivity index (χ1v) is 7.97. The Labute approximate surface area is 130 Å². The molecule has 0 aliphatic heterocycles. The van der Waals surface area contributed by atoms with Crippen LogP contribution < -0.4 is 5.32 Å². The lowest BCUT2D eigenvalue weighted by Crippen LogP contribution is -2.24. The topological polar surface area (TPSA) is 12.0 Å². The Bertz CT molecular complexity index is 548. The molecule has 2 aromatic carbocycles. The van der Waals surface area contributed by atoms with Gasteiger partial charge in [0.05, 0.1) is 0 Å². The van der Waals surface area contributed by atoms with Crippen LogP contribution in [0, 0.1) is 6.92 Å². The maximum atomic E-state index is 3.73. The summed E-state index contributed by atoms with van der Waals surface area (Å²) in [5, 5.41) is 3.73. The number of nitrogens with one attached hydrogen (secondary N) is 1. The summed E-state index contributed by atoms with van der Waals surface area (Å²) in [5.74, 6) is 0. The van der Waals surface area contributed by atoms with Crippen LogP contribution in [-0.4, -0.2) is 0 Å². The van der Waals surface area contributed by atoms with Crippen LogP contribution in [0.2, 0.25) is 0 Å². The third-order valence-corrected chi connectivity index (χ3v) is 4.18. The zero-order valence-corrected chi connectivity index (χ0v) is 13.9. The molecule has 0 radical (unpaired) electrons. The molecule has 0 fully saturated rings. The standard InChI is InChI=1S/C18H22BrN/c1-4-18(15-10-8-13(2)9-11-15)20-14(3)16-6-5-7-17(19)12-16/h5-12,14,18,20H,4H2,1-3H3/t14-,18?/m0/s1. The van der Waals surface area contributed by atoms with Gasteiger partial charge < -0.3 is 5.32 Å². The van der Waals surface area contributed by atoms with Crippen molar-refractivity contribution in [3.8, 4) is 0 Å². The predicted octanol–water partition coefficient (Wildman–Crippen LogP) is 5.56. The van der Waals surface area contributed by atoms with Crippen molar-refractivity contribution in [2.75, 3.05) is 0 Å². The highest BCUT2D eigenvalue weighted by molar-refractivity contribution is 9.10. The van der Waals surface area contributed by atoms with E-state index in [0.29, 0.717) is 12.1 Å². The van der Waals surface area contributed by atoms with Crippen molar-refractivity contribution in [2.45, 2.75) is 39.3 Å². The van der Waals surface area contributed by atoms with Crippen molar-refractivity contribution in [3.63, 3.8) is 0 Å². The van der Waals surface area contributed by atoms with E-state index < -0.39 is 0 Å². The van der Waals surface area contributed by atoms with Crippen LogP contribution in [-0.2, 0) is 0 Å². The minimum atomic E-state index is 0.332. The van der Waals surface area contributed by atoms with Crippen LogP contribution in [0.15, 0.2) is 53.0 Å². The Balaban J connectivity index is 2.11. The molecule has 1 nitrogen and oxygen atoms in total. The van der Waals surface area contributed by atoms with Gasteiger partial charge in [-0.25, -0.2) is 0 Å². The van der Waals surface area contributed by atoms with E-state index in [-0.39, 0.29) is 0 Å². The largest absolute Gasteiger partial charge is 0.303 e. The molecular formula is C18H22BrN. The van der Waals surface area contributed by atoms with Gasteiger partial charge >= 0.3 is 0 Å². The number of hydrogen-bond acceptors (Lipinski definition) is 1. The Kier molecular flexibility index (Phi) is 5.38. The van der Waals surface area contributed by atoms with Gasteiger partial charge in [-0.1, -0.05) is 64.8 Å². The molecule has 0 saturated heterocycles. The van der Waals surface area contributed by atoms with Crippen molar-refractivity contribution < 1.29 is 0 Å². The molecule has 0 aliphatic carbocycles. The lowest BCUT2D eigenvalue weighted by atomic mass is 10.0. The Morgan fingerprint density at radius 1 is 1.05 bits per heavy atom. The number of halogens is 1. The van der Waals surface area contributed by atoms with E-state index in [1.807, 2.05) is 0 Å². The maximum Gasteiger partial charge on any atom is 0.0323 e. The number of rotatable bonds is 5. The average Bonchev–Trinajstić information content (AvgIpc) is 2.45. The Morgan fingerprint density at radius 2 is 1.75 bits per heavy atom. The summed E-state index contributed by atoms with van der Waals surface area (Å²) in [5.41, 5.74) is 3.98. The molecule has 2 atom stereocenters. The highest BCUT2D eigenvalue weighted by atomic mass is 79.9. The summed E-state index contributed by atoms with van der Waals surface area (Å²) < 4.78 is 1.13. The third-order valence-electron chi connectivity index (χ3n) is 3.69.